The molecule has 0 spiro atoms. The SMILES string of the molecule is CCC1=CCC(CC(C)C)C=C1. The highest BCUT2D eigenvalue weighted by atomic mass is 14.1. The largest absolute Gasteiger partial charge is 0.0808 e. The molecule has 0 aromatic heterocycles. The fraction of sp³-hybridized carbons (Fsp3) is 0.667. The van der Waals surface area contributed by atoms with Crippen LogP contribution in [0.2, 0.25) is 0 Å². The summed E-state index contributed by atoms with van der Waals surface area (Å²) in [5.74, 6) is 1.64. The minimum absolute atomic E-state index is 0.806. The van der Waals surface area contributed by atoms with E-state index < -0.39 is 0 Å². The minimum Gasteiger partial charge on any atom is -0.0808 e. The molecule has 0 fully saturated rings. The summed E-state index contributed by atoms with van der Waals surface area (Å²) in [6.45, 7) is 6.82. The zero-order chi connectivity index (χ0) is 8.97. The second-order valence-corrected chi connectivity index (χ2v) is 4.12. The van der Waals surface area contributed by atoms with Crippen molar-refractivity contribution in [2.45, 2.75) is 40.0 Å². The highest BCUT2D eigenvalue weighted by molar-refractivity contribution is 5.23. The van der Waals surface area contributed by atoms with Crippen LogP contribution in [-0.2, 0) is 0 Å². The van der Waals surface area contributed by atoms with E-state index in [1.165, 1.54) is 24.8 Å². The number of rotatable bonds is 3. The second-order valence-electron chi connectivity index (χ2n) is 4.12. The van der Waals surface area contributed by atoms with Crippen molar-refractivity contribution in [3.05, 3.63) is 23.8 Å². The second kappa shape index (κ2) is 4.49. The van der Waals surface area contributed by atoms with Gasteiger partial charge in [-0.1, -0.05) is 44.6 Å². The molecule has 1 aliphatic carbocycles. The maximum Gasteiger partial charge on any atom is -0.0193 e. The van der Waals surface area contributed by atoms with Crippen molar-refractivity contribution in [1.29, 1.82) is 0 Å². The van der Waals surface area contributed by atoms with Crippen LogP contribution in [0.4, 0.5) is 0 Å². The van der Waals surface area contributed by atoms with E-state index in [1.807, 2.05) is 0 Å². The fourth-order valence-corrected chi connectivity index (χ4v) is 1.75. The van der Waals surface area contributed by atoms with E-state index >= 15 is 0 Å². The van der Waals surface area contributed by atoms with Gasteiger partial charge in [0.2, 0.25) is 0 Å². The van der Waals surface area contributed by atoms with Gasteiger partial charge in [0.1, 0.15) is 0 Å². The minimum atomic E-state index is 0.806. The molecular weight excluding hydrogens is 144 g/mol. The van der Waals surface area contributed by atoms with E-state index in [0.717, 1.165) is 11.8 Å². The maximum atomic E-state index is 2.40. The number of hydrogen-bond acceptors (Lipinski definition) is 0. The molecule has 0 N–H and O–H groups in total. The Labute approximate surface area is 76.4 Å². The van der Waals surface area contributed by atoms with E-state index in [0.29, 0.717) is 0 Å². The highest BCUT2D eigenvalue weighted by Gasteiger charge is 2.09. The van der Waals surface area contributed by atoms with Crippen LogP contribution < -0.4 is 0 Å². The van der Waals surface area contributed by atoms with Gasteiger partial charge in [-0.25, -0.2) is 0 Å². The van der Waals surface area contributed by atoms with Crippen LogP contribution in [0.1, 0.15) is 40.0 Å². The first-order valence-electron chi connectivity index (χ1n) is 5.09. The molecule has 0 bridgehead atoms. The molecule has 0 aliphatic heterocycles. The number of allylic oxidation sites excluding steroid dienone is 4. The molecule has 0 aromatic rings. The summed E-state index contributed by atoms with van der Waals surface area (Å²) >= 11 is 0. The van der Waals surface area contributed by atoms with Gasteiger partial charge in [-0.2, -0.15) is 0 Å². The Morgan fingerprint density at radius 3 is 2.67 bits per heavy atom. The molecule has 1 atom stereocenters. The Balaban J connectivity index is 2.38. The van der Waals surface area contributed by atoms with Crippen molar-refractivity contribution >= 4 is 0 Å². The molecule has 0 nitrogen and oxygen atoms in total. The lowest BCUT2D eigenvalue weighted by Crippen LogP contribution is -2.03. The van der Waals surface area contributed by atoms with Gasteiger partial charge in [0.25, 0.3) is 0 Å². The van der Waals surface area contributed by atoms with Crippen LogP contribution in [0.3, 0.4) is 0 Å². The highest BCUT2D eigenvalue weighted by Crippen LogP contribution is 2.23. The van der Waals surface area contributed by atoms with Crippen molar-refractivity contribution in [3.8, 4) is 0 Å². The quantitative estimate of drug-likeness (QED) is 0.592. The van der Waals surface area contributed by atoms with Crippen LogP contribution in [0.5, 0.6) is 0 Å². The molecule has 68 valence electrons. The van der Waals surface area contributed by atoms with Gasteiger partial charge in [0, 0.05) is 0 Å². The Kier molecular flexibility index (Phi) is 3.58. The molecular formula is C12H20. The molecule has 0 radical (unpaired) electrons. The Hall–Kier alpha value is -0.520. The van der Waals surface area contributed by atoms with Crippen molar-refractivity contribution in [2.24, 2.45) is 11.8 Å². The summed E-state index contributed by atoms with van der Waals surface area (Å²) < 4.78 is 0. The molecule has 0 heterocycles. The third kappa shape index (κ3) is 2.84. The standard InChI is InChI=1S/C12H20/c1-4-11-5-7-12(8-6-11)9-10(2)3/h5-7,10,12H,4,8-9H2,1-3H3. The molecule has 1 rings (SSSR count). The van der Waals surface area contributed by atoms with Crippen molar-refractivity contribution in [3.63, 3.8) is 0 Å². The Morgan fingerprint density at radius 2 is 2.25 bits per heavy atom. The average Bonchev–Trinajstić information content (AvgIpc) is 2.05. The van der Waals surface area contributed by atoms with Crippen LogP contribution in [0.15, 0.2) is 23.8 Å². The molecule has 12 heavy (non-hydrogen) atoms. The first-order chi connectivity index (χ1) is 5.72. The fourth-order valence-electron chi connectivity index (χ4n) is 1.75. The molecule has 0 saturated heterocycles. The van der Waals surface area contributed by atoms with Crippen LogP contribution >= 0.6 is 0 Å². The van der Waals surface area contributed by atoms with Gasteiger partial charge >= 0.3 is 0 Å². The van der Waals surface area contributed by atoms with Gasteiger partial charge in [0.05, 0.1) is 0 Å². The smallest absolute Gasteiger partial charge is 0.0193 e. The van der Waals surface area contributed by atoms with E-state index in [2.05, 4.69) is 39.0 Å². The summed E-state index contributed by atoms with van der Waals surface area (Å²) in [7, 11) is 0. The first-order valence-corrected chi connectivity index (χ1v) is 5.09. The summed E-state index contributed by atoms with van der Waals surface area (Å²) in [5.41, 5.74) is 1.51. The third-order valence-electron chi connectivity index (χ3n) is 2.45. The topological polar surface area (TPSA) is 0 Å². The van der Waals surface area contributed by atoms with E-state index in [9.17, 15) is 0 Å². The lowest BCUT2D eigenvalue weighted by atomic mass is 9.89. The summed E-state index contributed by atoms with van der Waals surface area (Å²) in [5, 5.41) is 0. The van der Waals surface area contributed by atoms with E-state index in [1.54, 1.807) is 0 Å². The molecule has 1 unspecified atom stereocenters. The lowest BCUT2D eigenvalue weighted by Gasteiger charge is -2.17. The average molecular weight is 164 g/mol. The van der Waals surface area contributed by atoms with Gasteiger partial charge in [-0.3, -0.25) is 0 Å². The zero-order valence-corrected chi connectivity index (χ0v) is 8.51. The van der Waals surface area contributed by atoms with E-state index in [-0.39, 0.29) is 0 Å². The van der Waals surface area contributed by atoms with Gasteiger partial charge in [-0.15, -0.1) is 0 Å². The van der Waals surface area contributed by atoms with Crippen molar-refractivity contribution in [1.82, 2.24) is 0 Å². The lowest BCUT2D eigenvalue weighted by molar-refractivity contribution is 0.475. The molecule has 0 saturated carbocycles. The monoisotopic (exact) mass is 164 g/mol. The summed E-state index contributed by atoms with van der Waals surface area (Å²) in [6.07, 6.45) is 10.9. The molecule has 0 aromatic carbocycles. The molecule has 0 heteroatoms. The van der Waals surface area contributed by atoms with E-state index in [4.69, 9.17) is 0 Å². The van der Waals surface area contributed by atoms with Crippen molar-refractivity contribution < 1.29 is 0 Å². The van der Waals surface area contributed by atoms with Crippen LogP contribution in [-0.4, -0.2) is 0 Å². The predicted molar refractivity (Wildman–Crippen MR) is 55.1 cm³/mol. The number of hydrogen-bond donors (Lipinski definition) is 0. The maximum absolute atomic E-state index is 2.40. The van der Waals surface area contributed by atoms with Gasteiger partial charge in [0.15, 0.2) is 0 Å². The Morgan fingerprint density at radius 1 is 1.50 bits per heavy atom. The third-order valence-corrected chi connectivity index (χ3v) is 2.45. The normalized spacial score (nSPS) is 23.0. The van der Waals surface area contributed by atoms with Gasteiger partial charge in [-0.05, 0) is 31.1 Å². The summed E-state index contributed by atoms with van der Waals surface area (Å²) in [6, 6.07) is 0. The van der Waals surface area contributed by atoms with Crippen molar-refractivity contribution in [2.75, 3.05) is 0 Å². The first kappa shape index (κ1) is 9.57. The van der Waals surface area contributed by atoms with Crippen LogP contribution in [0, 0.1) is 11.8 Å². The molecule has 1 aliphatic rings. The Bertz CT molecular complexity index is 184. The zero-order valence-electron chi connectivity index (χ0n) is 8.51. The van der Waals surface area contributed by atoms with Gasteiger partial charge < -0.3 is 0 Å². The summed E-state index contributed by atoms with van der Waals surface area (Å²) in [4.78, 5) is 0. The van der Waals surface area contributed by atoms with Crippen LogP contribution in [0.25, 0.3) is 0 Å². The predicted octanol–water partition coefficient (Wildman–Crippen LogP) is 3.95. The molecule has 0 amide bonds.